The summed E-state index contributed by atoms with van der Waals surface area (Å²) in [5.41, 5.74) is 1.44. The van der Waals surface area contributed by atoms with Gasteiger partial charge in [-0.15, -0.1) is 13.2 Å². The van der Waals surface area contributed by atoms with E-state index in [0.29, 0.717) is 31.4 Å². The molecule has 0 bridgehead atoms. The van der Waals surface area contributed by atoms with Crippen LogP contribution in [0.5, 0.6) is 11.5 Å². The Bertz CT molecular complexity index is 1280. The quantitative estimate of drug-likeness (QED) is 0.476. The van der Waals surface area contributed by atoms with Crippen molar-refractivity contribution >= 4 is 24.2 Å². The highest BCUT2D eigenvalue weighted by atomic mass is 19.4. The third kappa shape index (κ3) is 6.18. The molecule has 5 aliphatic rings. The number of carbonyl (C=O) groups is 1. The number of rotatable bonds is 6. The SMILES string of the molecule is O=C(NC1CCC(C2=NC34N=CC=C3N=CCC4C=C2)CC1)N1CCCC(COc2ccc(OC(F)(F)F)cc2)C1. The van der Waals surface area contributed by atoms with Crippen LogP contribution in [0.1, 0.15) is 44.9 Å². The molecule has 3 atom stereocenters. The molecule has 3 unspecified atom stereocenters. The number of alkyl halides is 3. The van der Waals surface area contributed by atoms with Gasteiger partial charge in [-0.1, -0.05) is 6.08 Å². The second-order valence-electron chi connectivity index (χ2n) is 11.4. The smallest absolute Gasteiger partial charge is 0.493 e. The minimum Gasteiger partial charge on any atom is -0.493 e. The van der Waals surface area contributed by atoms with E-state index < -0.39 is 12.0 Å². The van der Waals surface area contributed by atoms with Crippen molar-refractivity contribution in [2.75, 3.05) is 19.7 Å². The summed E-state index contributed by atoms with van der Waals surface area (Å²) in [7, 11) is 0. The predicted molar refractivity (Wildman–Crippen MR) is 150 cm³/mol. The Morgan fingerprint density at radius 2 is 1.88 bits per heavy atom. The summed E-state index contributed by atoms with van der Waals surface area (Å²) in [5, 5.41) is 3.24. The van der Waals surface area contributed by atoms with Gasteiger partial charge in [0.1, 0.15) is 11.5 Å². The number of ether oxygens (including phenoxy) is 2. The van der Waals surface area contributed by atoms with E-state index >= 15 is 0 Å². The molecule has 218 valence electrons. The van der Waals surface area contributed by atoms with E-state index in [1.54, 1.807) is 0 Å². The largest absolute Gasteiger partial charge is 0.573 e. The molecule has 0 aromatic heterocycles. The maximum absolute atomic E-state index is 13.1. The van der Waals surface area contributed by atoms with E-state index in [4.69, 9.17) is 14.7 Å². The summed E-state index contributed by atoms with van der Waals surface area (Å²) in [4.78, 5) is 29.4. The number of hydrogen-bond donors (Lipinski definition) is 1. The highest BCUT2D eigenvalue weighted by Gasteiger charge is 2.46. The minimum absolute atomic E-state index is 0.0430. The molecule has 1 saturated carbocycles. The van der Waals surface area contributed by atoms with Crippen LogP contribution in [0.4, 0.5) is 18.0 Å². The van der Waals surface area contributed by atoms with Gasteiger partial charge in [0.15, 0.2) is 5.66 Å². The van der Waals surface area contributed by atoms with Crippen LogP contribution in [-0.4, -0.2) is 66.8 Å². The first-order chi connectivity index (χ1) is 19.8. The van der Waals surface area contributed by atoms with Gasteiger partial charge < -0.3 is 19.7 Å². The average molecular weight is 570 g/mol. The number of carbonyl (C=O) groups excluding carboxylic acids is 1. The third-order valence-corrected chi connectivity index (χ3v) is 8.61. The summed E-state index contributed by atoms with van der Waals surface area (Å²) in [6, 6.07) is 5.46. The monoisotopic (exact) mass is 569 g/mol. The number of piperidine rings is 1. The van der Waals surface area contributed by atoms with Gasteiger partial charge in [-0.3, -0.25) is 15.0 Å². The Labute approximate surface area is 237 Å². The Morgan fingerprint density at radius 3 is 2.66 bits per heavy atom. The molecule has 1 saturated heterocycles. The van der Waals surface area contributed by atoms with Crippen LogP contribution in [0.15, 0.2) is 63.2 Å². The minimum atomic E-state index is -4.73. The maximum atomic E-state index is 13.1. The van der Waals surface area contributed by atoms with Crippen molar-refractivity contribution in [1.29, 1.82) is 0 Å². The Balaban J connectivity index is 0.960. The van der Waals surface area contributed by atoms with Gasteiger partial charge in [0.25, 0.3) is 0 Å². The highest BCUT2D eigenvalue weighted by molar-refractivity contribution is 5.99. The van der Waals surface area contributed by atoms with Crippen LogP contribution in [0, 0.1) is 17.8 Å². The van der Waals surface area contributed by atoms with Gasteiger partial charge in [0.05, 0.1) is 12.3 Å². The number of nitrogens with one attached hydrogen (secondary N) is 1. The second-order valence-corrected chi connectivity index (χ2v) is 11.4. The molecule has 1 aliphatic carbocycles. The number of hydrogen-bond acceptors (Lipinski definition) is 6. The van der Waals surface area contributed by atoms with E-state index in [1.807, 2.05) is 23.4 Å². The molecule has 6 rings (SSSR count). The van der Waals surface area contributed by atoms with Gasteiger partial charge in [-0.05, 0) is 81.4 Å². The Kier molecular flexibility index (Phi) is 7.61. The van der Waals surface area contributed by atoms with Crippen molar-refractivity contribution in [1.82, 2.24) is 10.2 Å². The van der Waals surface area contributed by atoms with Crippen LogP contribution >= 0.6 is 0 Å². The molecule has 11 heteroatoms. The molecular formula is C30H34F3N5O3. The number of likely N-dealkylation sites (tertiary alicyclic amines) is 1. The second kappa shape index (κ2) is 11.3. The molecule has 0 radical (unpaired) electrons. The zero-order valence-corrected chi connectivity index (χ0v) is 22.7. The van der Waals surface area contributed by atoms with E-state index in [2.05, 4.69) is 27.2 Å². The van der Waals surface area contributed by atoms with Gasteiger partial charge >= 0.3 is 12.4 Å². The first-order valence-corrected chi connectivity index (χ1v) is 14.4. The summed E-state index contributed by atoms with van der Waals surface area (Å²) in [6.45, 7) is 1.67. The fraction of sp³-hybridized carbons (Fsp3) is 0.533. The molecule has 1 aromatic rings. The lowest BCUT2D eigenvalue weighted by molar-refractivity contribution is -0.274. The van der Waals surface area contributed by atoms with Crippen molar-refractivity contribution in [3.05, 3.63) is 48.2 Å². The lowest BCUT2D eigenvalue weighted by Crippen LogP contribution is -2.50. The first kappa shape index (κ1) is 27.5. The zero-order valence-electron chi connectivity index (χ0n) is 22.7. The summed E-state index contributed by atoms with van der Waals surface area (Å²) >= 11 is 0. The standard InChI is InChI=1S/C30H34F3N5O3/c31-30(32,33)41-25-10-8-24(9-11-25)40-19-20-2-1-17-38(18-20)28(39)36-23-6-3-21(4-7-23)26-12-5-22-13-15-34-27-14-16-35-29(22,27)37-26/h5,8-12,14-16,20-23H,1-4,6-7,13,17-19H2,(H,36,39). The van der Waals surface area contributed by atoms with E-state index in [1.165, 1.54) is 24.3 Å². The molecule has 1 N–H and O–H groups in total. The zero-order chi connectivity index (χ0) is 28.5. The number of aliphatic imine (C=N–C) groups is 3. The molecule has 1 aromatic carbocycles. The van der Waals surface area contributed by atoms with Crippen LogP contribution in [0.3, 0.4) is 0 Å². The molecule has 2 fully saturated rings. The lowest BCUT2D eigenvalue weighted by atomic mass is 9.78. The van der Waals surface area contributed by atoms with Crippen molar-refractivity contribution in [3.8, 4) is 11.5 Å². The molecule has 4 aliphatic heterocycles. The molecule has 2 amide bonds. The summed E-state index contributed by atoms with van der Waals surface area (Å²) in [6.07, 6.45) is 11.8. The topological polar surface area (TPSA) is 87.9 Å². The van der Waals surface area contributed by atoms with Crippen molar-refractivity contribution in [2.45, 2.75) is 63.0 Å². The van der Waals surface area contributed by atoms with Gasteiger partial charge in [0, 0.05) is 55.0 Å². The van der Waals surface area contributed by atoms with Crippen molar-refractivity contribution in [3.63, 3.8) is 0 Å². The van der Waals surface area contributed by atoms with Crippen LogP contribution in [0.2, 0.25) is 0 Å². The molecule has 1 spiro atoms. The number of amides is 2. The van der Waals surface area contributed by atoms with Gasteiger partial charge in [-0.2, -0.15) is 0 Å². The summed E-state index contributed by atoms with van der Waals surface area (Å²) < 4.78 is 46.8. The van der Waals surface area contributed by atoms with Crippen molar-refractivity contribution in [2.24, 2.45) is 32.7 Å². The number of nitrogens with zero attached hydrogens (tertiary/aromatic N) is 4. The third-order valence-electron chi connectivity index (χ3n) is 8.61. The van der Waals surface area contributed by atoms with Crippen LogP contribution in [0.25, 0.3) is 0 Å². The van der Waals surface area contributed by atoms with E-state index in [-0.39, 0.29) is 29.7 Å². The first-order valence-electron chi connectivity index (χ1n) is 14.4. The number of allylic oxidation sites excluding steroid dienone is 2. The van der Waals surface area contributed by atoms with E-state index in [9.17, 15) is 18.0 Å². The number of halogens is 3. The number of urea groups is 1. The average Bonchev–Trinajstić information content (AvgIpc) is 3.39. The lowest BCUT2D eigenvalue weighted by Gasteiger charge is -2.38. The Morgan fingerprint density at radius 1 is 1.10 bits per heavy atom. The number of dihydropyridines is 1. The molecule has 8 nitrogen and oxygen atoms in total. The van der Waals surface area contributed by atoms with Gasteiger partial charge in [0.2, 0.25) is 0 Å². The summed E-state index contributed by atoms with van der Waals surface area (Å²) in [5.74, 6) is 0.902. The van der Waals surface area contributed by atoms with Crippen LogP contribution in [-0.2, 0) is 0 Å². The fourth-order valence-electron chi connectivity index (χ4n) is 6.46. The van der Waals surface area contributed by atoms with Crippen LogP contribution < -0.4 is 14.8 Å². The molecule has 4 heterocycles. The van der Waals surface area contributed by atoms with Gasteiger partial charge in [-0.25, -0.2) is 4.79 Å². The predicted octanol–water partition coefficient (Wildman–Crippen LogP) is 5.71. The highest BCUT2D eigenvalue weighted by Crippen LogP contribution is 2.44. The molecular weight excluding hydrogens is 535 g/mol. The maximum Gasteiger partial charge on any atom is 0.573 e. The van der Waals surface area contributed by atoms with Crippen molar-refractivity contribution < 1.29 is 27.4 Å². The fourth-order valence-corrected chi connectivity index (χ4v) is 6.46. The molecule has 41 heavy (non-hydrogen) atoms. The normalized spacial score (nSPS) is 30.7. The Hall–Kier alpha value is -3.63. The van der Waals surface area contributed by atoms with E-state index in [0.717, 1.165) is 56.4 Å². The number of benzene rings is 1.